The smallest absolute Gasteiger partial charge is 0.124 e. The first-order chi connectivity index (χ1) is 13.7. The van der Waals surface area contributed by atoms with E-state index in [9.17, 15) is 0 Å². The van der Waals surface area contributed by atoms with Crippen LogP contribution in [0.4, 0.5) is 0 Å². The Kier molecular flexibility index (Phi) is 5.96. The highest BCUT2D eigenvalue weighted by Crippen LogP contribution is 2.20. The summed E-state index contributed by atoms with van der Waals surface area (Å²) in [6, 6.07) is 14.8. The van der Waals surface area contributed by atoms with Crippen LogP contribution in [0, 0.1) is 13.8 Å². The summed E-state index contributed by atoms with van der Waals surface area (Å²) in [6.45, 7) is 8.99. The van der Waals surface area contributed by atoms with Crippen molar-refractivity contribution in [1.29, 1.82) is 0 Å². The van der Waals surface area contributed by atoms with Gasteiger partial charge in [-0.05, 0) is 75.2 Å². The normalized spacial score (nSPS) is 15.6. The third kappa shape index (κ3) is 4.56. The number of aromatic nitrogens is 2. The molecule has 1 aliphatic heterocycles. The first kappa shape index (κ1) is 19.0. The molecule has 0 N–H and O–H groups in total. The van der Waals surface area contributed by atoms with E-state index >= 15 is 0 Å². The van der Waals surface area contributed by atoms with Crippen LogP contribution in [0.15, 0.2) is 42.5 Å². The predicted octanol–water partition coefficient (Wildman–Crippen LogP) is 5.11. The van der Waals surface area contributed by atoms with E-state index in [2.05, 4.69) is 65.8 Å². The van der Waals surface area contributed by atoms with Crippen LogP contribution < -0.4 is 4.74 Å². The Labute approximate surface area is 168 Å². The molecule has 2 aromatic carbocycles. The van der Waals surface area contributed by atoms with E-state index in [1.807, 2.05) is 0 Å². The Hall–Kier alpha value is -2.33. The molecule has 0 spiro atoms. The quantitative estimate of drug-likeness (QED) is 0.598. The van der Waals surface area contributed by atoms with E-state index in [1.165, 1.54) is 55.4 Å². The minimum atomic E-state index is 0.649. The summed E-state index contributed by atoms with van der Waals surface area (Å²) in [7, 11) is 0. The molecule has 148 valence electrons. The molecular weight excluding hydrogens is 346 g/mol. The van der Waals surface area contributed by atoms with Gasteiger partial charge in [-0.1, -0.05) is 31.0 Å². The highest BCUT2D eigenvalue weighted by molar-refractivity contribution is 5.75. The highest BCUT2D eigenvalue weighted by atomic mass is 16.5. The lowest BCUT2D eigenvalue weighted by atomic mass is 10.1. The summed E-state index contributed by atoms with van der Waals surface area (Å²) >= 11 is 0. The third-order valence-electron chi connectivity index (χ3n) is 5.58. The molecule has 0 radical (unpaired) electrons. The van der Waals surface area contributed by atoms with Crippen molar-refractivity contribution >= 4 is 11.0 Å². The number of para-hydroxylation sites is 2. The van der Waals surface area contributed by atoms with Crippen LogP contribution in [0.25, 0.3) is 11.0 Å². The first-order valence-electron chi connectivity index (χ1n) is 10.6. The molecule has 28 heavy (non-hydrogen) atoms. The number of aryl methyl sites for hydroxylation is 2. The van der Waals surface area contributed by atoms with Gasteiger partial charge in [0.1, 0.15) is 18.2 Å². The van der Waals surface area contributed by atoms with Gasteiger partial charge in [-0.2, -0.15) is 0 Å². The van der Waals surface area contributed by atoms with Crippen LogP contribution in [0.2, 0.25) is 0 Å². The van der Waals surface area contributed by atoms with E-state index in [0.717, 1.165) is 30.2 Å². The summed E-state index contributed by atoms with van der Waals surface area (Å²) in [4.78, 5) is 7.52. The van der Waals surface area contributed by atoms with Crippen LogP contribution in [0.5, 0.6) is 5.75 Å². The van der Waals surface area contributed by atoms with Crippen LogP contribution >= 0.6 is 0 Å². The van der Waals surface area contributed by atoms with Gasteiger partial charge in [0.25, 0.3) is 0 Å². The van der Waals surface area contributed by atoms with E-state index in [4.69, 9.17) is 9.72 Å². The summed E-state index contributed by atoms with van der Waals surface area (Å²) < 4.78 is 8.44. The maximum atomic E-state index is 6.09. The van der Waals surface area contributed by atoms with E-state index in [0.29, 0.717) is 6.61 Å². The van der Waals surface area contributed by atoms with Gasteiger partial charge in [0, 0.05) is 0 Å². The average Bonchev–Trinajstić information content (AvgIpc) is 2.82. The number of imidazole rings is 1. The lowest BCUT2D eigenvalue weighted by Gasteiger charge is -2.20. The summed E-state index contributed by atoms with van der Waals surface area (Å²) in [5.74, 6) is 2.11. The van der Waals surface area contributed by atoms with Crippen molar-refractivity contribution < 1.29 is 4.74 Å². The van der Waals surface area contributed by atoms with Crippen molar-refractivity contribution in [3.8, 4) is 5.75 Å². The molecule has 0 atom stereocenters. The van der Waals surface area contributed by atoms with Gasteiger partial charge in [0.05, 0.1) is 24.1 Å². The van der Waals surface area contributed by atoms with E-state index < -0.39 is 0 Å². The molecule has 0 bridgehead atoms. The topological polar surface area (TPSA) is 30.3 Å². The Bertz CT molecular complexity index is 902. The standard InChI is InChI=1S/C24H31N3O/c1-19-15-20(2)17-21(16-19)28-14-13-27-23-10-6-5-9-22(23)25-24(27)18-26-11-7-3-4-8-12-26/h5-6,9-10,15-17H,3-4,7-8,11-14,18H2,1-2H3. The number of hydrogen-bond acceptors (Lipinski definition) is 3. The third-order valence-corrected chi connectivity index (χ3v) is 5.58. The number of ether oxygens (including phenoxy) is 1. The number of benzene rings is 2. The molecular formula is C24H31N3O. The zero-order valence-corrected chi connectivity index (χ0v) is 17.2. The monoisotopic (exact) mass is 377 g/mol. The Balaban J connectivity index is 1.51. The molecule has 1 aliphatic rings. The van der Waals surface area contributed by atoms with Gasteiger partial charge in [-0.15, -0.1) is 0 Å². The largest absolute Gasteiger partial charge is 0.492 e. The Morgan fingerprint density at radius 1 is 0.929 bits per heavy atom. The number of rotatable bonds is 6. The lowest BCUT2D eigenvalue weighted by Crippen LogP contribution is -2.26. The van der Waals surface area contributed by atoms with Gasteiger partial charge in [0.15, 0.2) is 0 Å². The summed E-state index contributed by atoms with van der Waals surface area (Å²) in [5.41, 5.74) is 4.77. The second-order valence-corrected chi connectivity index (χ2v) is 8.03. The first-order valence-corrected chi connectivity index (χ1v) is 10.6. The molecule has 0 amide bonds. The predicted molar refractivity (Wildman–Crippen MR) is 115 cm³/mol. The van der Waals surface area contributed by atoms with Crippen LogP contribution in [0.1, 0.15) is 42.6 Å². The lowest BCUT2D eigenvalue weighted by molar-refractivity contribution is 0.258. The minimum absolute atomic E-state index is 0.649. The fourth-order valence-corrected chi connectivity index (χ4v) is 4.26. The number of likely N-dealkylation sites (tertiary alicyclic amines) is 1. The van der Waals surface area contributed by atoms with Crippen LogP contribution in [-0.4, -0.2) is 34.1 Å². The van der Waals surface area contributed by atoms with Gasteiger partial charge in [0.2, 0.25) is 0 Å². The van der Waals surface area contributed by atoms with Crippen molar-refractivity contribution in [2.24, 2.45) is 0 Å². The maximum absolute atomic E-state index is 6.09. The molecule has 4 nitrogen and oxygen atoms in total. The van der Waals surface area contributed by atoms with Crippen LogP contribution in [0.3, 0.4) is 0 Å². The van der Waals surface area contributed by atoms with E-state index in [1.54, 1.807) is 0 Å². The van der Waals surface area contributed by atoms with Crippen molar-refractivity contribution in [1.82, 2.24) is 14.5 Å². The molecule has 1 saturated heterocycles. The second kappa shape index (κ2) is 8.78. The highest BCUT2D eigenvalue weighted by Gasteiger charge is 2.15. The van der Waals surface area contributed by atoms with Gasteiger partial charge >= 0.3 is 0 Å². The fraction of sp³-hybridized carbons (Fsp3) is 0.458. The van der Waals surface area contributed by atoms with E-state index in [-0.39, 0.29) is 0 Å². The summed E-state index contributed by atoms with van der Waals surface area (Å²) in [5, 5.41) is 0. The van der Waals surface area contributed by atoms with Crippen molar-refractivity contribution in [2.75, 3.05) is 19.7 Å². The van der Waals surface area contributed by atoms with Crippen molar-refractivity contribution in [2.45, 2.75) is 52.6 Å². The molecule has 4 rings (SSSR count). The van der Waals surface area contributed by atoms with Crippen molar-refractivity contribution in [3.63, 3.8) is 0 Å². The molecule has 2 heterocycles. The van der Waals surface area contributed by atoms with Crippen molar-refractivity contribution in [3.05, 3.63) is 59.4 Å². The zero-order valence-electron chi connectivity index (χ0n) is 17.2. The van der Waals surface area contributed by atoms with Gasteiger partial charge < -0.3 is 9.30 Å². The number of hydrogen-bond donors (Lipinski definition) is 0. The summed E-state index contributed by atoms with van der Waals surface area (Å²) in [6.07, 6.45) is 5.32. The van der Waals surface area contributed by atoms with Gasteiger partial charge in [-0.25, -0.2) is 4.98 Å². The van der Waals surface area contributed by atoms with Crippen LogP contribution in [-0.2, 0) is 13.1 Å². The molecule has 0 aliphatic carbocycles. The molecule has 0 unspecified atom stereocenters. The second-order valence-electron chi connectivity index (χ2n) is 8.03. The molecule has 1 aromatic heterocycles. The number of nitrogens with zero attached hydrogens (tertiary/aromatic N) is 3. The van der Waals surface area contributed by atoms with Gasteiger partial charge in [-0.3, -0.25) is 4.90 Å². The minimum Gasteiger partial charge on any atom is -0.492 e. The molecule has 3 aromatic rings. The fourth-order valence-electron chi connectivity index (χ4n) is 4.26. The average molecular weight is 378 g/mol. The number of fused-ring (bicyclic) bond motifs is 1. The Morgan fingerprint density at radius 3 is 2.39 bits per heavy atom. The SMILES string of the molecule is Cc1cc(C)cc(OCCn2c(CN3CCCCCC3)nc3ccccc32)c1. The molecule has 0 saturated carbocycles. The Morgan fingerprint density at radius 2 is 1.64 bits per heavy atom. The maximum Gasteiger partial charge on any atom is 0.124 e. The zero-order chi connectivity index (χ0) is 19.3. The molecule has 1 fully saturated rings. The molecule has 4 heteroatoms.